The van der Waals surface area contributed by atoms with Gasteiger partial charge in [-0.2, -0.15) is 5.10 Å². The lowest BCUT2D eigenvalue weighted by Gasteiger charge is -2.13. The highest BCUT2D eigenvalue weighted by Crippen LogP contribution is 2.23. The molecule has 0 fully saturated rings. The molecule has 2 N–H and O–H groups in total. The van der Waals surface area contributed by atoms with Crippen LogP contribution in [0.2, 0.25) is 5.02 Å². The minimum atomic E-state index is -0.853. The van der Waals surface area contributed by atoms with Gasteiger partial charge in [-0.3, -0.25) is 9.59 Å². The molecule has 0 saturated carbocycles. The molecule has 170 valence electrons. The van der Waals surface area contributed by atoms with Gasteiger partial charge in [0.25, 0.3) is 0 Å². The van der Waals surface area contributed by atoms with Gasteiger partial charge in [0.15, 0.2) is 0 Å². The lowest BCUT2D eigenvalue weighted by Crippen LogP contribution is -2.33. The SMILES string of the molecule is CCc1cccc(CC)c1NC(=O)C(=O)N/N=C\c1ccccc1OCc1ccccc1Cl. The van der Waals surface area contributed by atoms with E-state index in [4.69, 9.17) is 16.3 Å². The van der Waals surface area contributed by atoms with Crippen LogP contribution >= 0.6 is 11.6 Å². The third-order valence-corrected chi connectivity index (χ3v) is 5.44. The molecule has 0 spiro atoms. The maximum Gasteiger partial charge on any atom is 0.329 e. The highest BCUT2D eigenvalue weighted by atomic mass is 35.5. The third-order valence-electron chi connectivity index (χ3n) is 5.07. The topological polar surface area (TPSA) is 79.8 Å². The Bertz CT molecular complexity index is 1140. The van der Waals surface area contributed by atoms with Crippen LogP contribution in [-0.2, 0) is 29.0 Å². The smallest absolute Gasteiger partial charge is 0.329 e. The van der Waals surface area contributed by atoms with Crippen LogP contribution in [0.4, 0.5) is 5.69 Å². The zero-order valence-electron chi connectivity index (χ0n) is 18.6. The normalized spacial score (nSPS) is 10.8. The molecule has 0 saturated heterocycles. The molecule has 33 heavy (non-hydrogen) atoms. The molecule has 0 aliphatic rings. The molecule has 0 bridgehead atoms. The van der Waals surface area contributed by atoms with Crippen LogP contribution in [0.15, 0.2) is 71.8 Å². The van der Waals surface area contributed by atoms with Crippen LogP contribution in [-0.4, -0.2) is 18.0 Å². The second kappa shape index (κ2) is 11.8. The molecule has 6 nitrogen and oxygen atoms in total. The van der Waals surface area contributed by atoms with Crippen LogP contribution in [0.5, 0.6) is 5.75 Å². The van der Waals surface area contributed by atoms with Gasteiger partial charge >= 0.3 is 11.8 Å². The zero-order chi connectivity index (χ0) is 23.6. The number of carbonyl (C=O) groups excluding carboxylic acids is 2. The van der Waals surface area contributed by atoms with Crippen LogP contribution in [0.25, 0.3) is 0 Å². The van der Waals surface area contributed by atoms with E-state index in [1.165, 1.54) is 6.21 Å². The first-order valence-electron chi connectivity index (χ1n) is 10.7. The predicted molar refractivity (Wildman–Crippen MR) is 132 cm³/mol. The van der Waals surface area contributed by atoms with E-state index in [0.717, 1.165) is 29.5 Å². The van der Waals surface area contributed by atoms with Gasteiger partial charge in [0.05, 0.1) is 6.21 Å². The first-order valence-corrected chi connectivity index (χ1v) is 11.1. The average molecular weight is 464 g/mol. The summed E-state index contributed by atoms with van der Waals surface area (Å²) in [7, 11) is 0. The Morgan fingerprint density at radius 2 is 1.52 bits per heavy atom. The van der Waals surface area contributed by atoms with Gasteiger partial charge in [-0.05, 0) is 42.2 Å². The number of nitrogens with one attached hydrogen (secondary N) is 2. The van der Waals surface area contributed by atoms with E-state index in [-0.39, 0.29) is 6.61 Å². The Morgan fingerprint density at radius 1 is 0.879 bits per heavy atom. The number of hydrogen-bond acceptors (Lipinski definition) is 4. The summed E-state index contributed by atoms with van der Waals surface area (Å²) in [5.74, 6) is -1.05. The van der Waals surface area contributed by atoms with E-state index >= 15 is 0 Å². The van der Waals surface area contributed by atoms with E-state index in [2.05, 4.69) is 15.8 Å². The molecule has 7 heteroatoms. The van der Waals surface area contributed by atoms with Gasteiger partial charge in [-0.25, -0.2) is 5.43 Å². The molecule has 3 rings (SSSR count). The molecular weight excluding hydrogens is 438 g/mol. The highest BCUT2D eigenvalue weighted by Gasteiger charge is 2.16. The molecule has 0 atom stereocenters. The van der Waals surface area contributed by atoms with Crippen molar-refractivity contribution in [1.29, 1.82) is 0 Å². The van der Waals surface area contributed by atoms with Gasteiger partial charge in [0.1, 0.15) is 12.4 Å². The number of rotatable bonds is 8. The fraction of sp³-hybridized carbons (Fsp3) is 0.192. The number of benzene rings is 3. The van der Waals surface area contributed by atoms with E-state index in [1.54, 1.807) is 18.2 Å². The number of hydrazone groups is 1. The van der Waals surface area contributed by atoms with Crippen molar-refractivity contribution in [3.63, 3.8) is 0 Å². The van der Waals surface area contributed by atoms with Crippen molar-refractivity contribution in [2.24, 2.45) is 5.10 Å². The maximum atomic E-state index is 12.4. The van der Waals surface area contributed by atoms with Crippen LogP contribution in [0.1, 0.15) is 36.1 Å². The Labute approximate surface area is 198 Å². The van der Waals surface area contributed by atoms with E-state index < -0.39 is 11.8 Å². The summed E-state index contributed by atoms with van der Waals surface area (Å²) in [6.07, 6.45) is 2.92. The summed E-state index contributed by atoms with van der Waals surface area (Å²) in [6, 6.07) is 20.5. The van der Waals surface area contributed by atoms with Crippen molar-refractivity contribution in [2.75, 3.05) is 5.32 Å². The van der Waals surface area contributed by atoms with Crippen molar-refractivity contribution in [1.82, 2.24) is 5.43 Å². The van der Waals surface area contributed by atoms with Crippen molar-refractivity contribution in [3.8, 4) is 5.75 Å². The number of para-hydroxylation sites is 2. The van der Waals surface area contributed by atoms with Gasteiger partial charge in [-0.1, -0.05) is 74.0 Å². The van der Waals surface area contributed by atoms with Gasteiger partial charge in [0.2, 0.25) is 0 Å². The minimum Gasteiger partial charge on any atom is -0.488 e. The van der Waals surface area contributed by atoms with Gasteiger partial charge < -0.3 is 10.1 Å². The van der Waals surface area contributed by atoms with Crippen LogP contribution in [0.3, 0.4) is 0 Å². The number of anilines is 1. The second-order valence-corrected chi connectivity index (χ2v) is 7.64. The number of ether oxygens (including phenoxy) is 1. The monoisotopic (exact) mass is 463 g/mol. The summed E-state index contributed by atoms with van der Waals surface area (Å²) >= 11 is 6.18. The van der Waals surface area contributed by atoms with Gasteiger partial charge in [-0.15, -0.1) is 0 Å². The first-order chi connectivity index (χ1) is 16.0. The van der Waals surface area contributed by atoms with E-state index in [0.29, 0.717) is 22.0 Å². The number of carbonyl (C=O) groups is 2. The fourth-order valence-corrected chi connectivity index (χ4v) is 3.46. The summed E-state index contributed by atoms with van der Waals surface area (Å²) in [4.78, 5) is 24.7. The predicted octanol–water partition coefficient (Wildman–Crippen LogP) is 5.13. The van der Waals surface area contributed by atoms with E-state index in [1.807, 2.05) is 62.4 Å². The molecule has 0 unspecified atom stereocenters. The number of aryl methyl sites for hydroxylation is 2. The molecule has 0 aromatic heterocycles. The Kier molecular flexibility index (Phi) is 8.61. The molecule has 0 aliphatic heterocycles. The zero-order valence-corrected chi connectivity index (χ0v) is 19.4. The van der Waals surface area contributed by atoms with Crippen molar-refractivity contribution in [3.05, 3.63) is 94.0 Å². The summed E-state index contributed by atoms with van der Waals surface area (Å²) in [6.45, 7) is 4.29. The Hall–Kier alpha value is -3.64. The Balaban J connectivity index is 1.63. The standard InChI is InChI=1S/C26H26ClN3O3/c1-3-18-12-9-13-19(4-2)24(18)29-25(31)26(32)30-28-16-20-10-6-8-15-23(20)33-17-21-11-5-7-14-22(21)27/h5-16H,3-4,17H2,1-2H3,(H,29,31)(H,30,32)/b28-16-. The van der Waals surface area contributed by atoms with E-state index in [9.17, 15) is 9.59 Å². The van der Waals surface area contributed by atoms with Crippen LogP contribution in [0, 0.1) is 0 Å². The molecule has 0 aliphatic carbocycles. The fourth-order valence-electron chi connectivity index (χ4n) is 3.27. The summed E-state index contributed by atoms with van der Waals surface area (Å²) < 4.78 is 5.87. The van der Waals surface area contributed by atoms with Crippen molar-refractivity contribution in [2.45, 2.75) is 33.3 Å². The molecule has 2 amide bonds. The molecule has 0 radical (unpaired) electrons. The van der Waals surface area contributed by atoms with Gasteiger partial charge in [0, 0.05) is 21.8 Å². The largest absolute Gasteiger partial charge is 0.488 e. The van der Waals surface area contributed by atoms with Crippen molar-refractivity contribution < 1.29 is 14.3 Å². The maximum absolute atomic E-state index is 12.4. The number of halogens is 1. The quantitative estimate of drug-likeness (QED) is 0.276. The minimum absolute atomic E-state index is 0.288. The summed E-state index contributed by atoms with van der Waals surface area (Å²) in [5, 5.41) is 7.28. The highest BCUT2D eigenvalue weighted by molar-refractivity contribution is 6.39. The van der Waals surface area contributed by atoms with Crippen molar-refractivity contribution >= 4 is 35.3 Å². The lowest BCUT2D eigenvalue weighted by atomic mass is 10.0. The van der Waals surface area contributed by atoms with Crippen LogP contribution < -0.4 is 15.5 Å². The lowest BCUT2D eigenvalue weighted by molar-refractivity contribution is -0.136. The molecule has 3 aromatic rings. The molecular formula is C26H26ClN3O3. The molecule has 0 heterocycles. The number of amides is 2. The average Bonchev–Trinajstić information content (AvgIpc) is 2.84. The summed E-state index contributed by atoms with van der Waals surface area (Å²) in [5.41, 5.74) is 6.42. The number of hydrogen-bond donors (Lipinski definition) is 2. The Morgan fingerprint density at radius 3 is 2.21 bits per heavy atom. The third kappa shape index (κ3) is 6.43. The first kappa shape index (κ1) is 24.0. The molecule has 3 aromatic carbocycles. The number of nitrogens with zero attached hydrogens (tertiary/aromatic N) is 1. The second-order valence-electron chi connectivity index (χ2n) is 7.23.